The number of nitrogens with one attached hydrogen (secondary N) is 2. The molecule has 0 unspecified atom stereocenters. The van der Waals surface area contributed by atoms with Crippen LogP contribution in [0, 0.1) is 17.3 Å². The van der Waals surface area contributed by atoms with E-state index in [-0.39, 0.29) is 11.4 Å². The number of carbonyl (C=O) groups excluding carboxylic acids is 1. The van der Waals surface area contributed by atoms with Crippen LogP contribution in [0.1, 0.15) is 51.9 Å². The minimum absolute atomic E-state index is 0.0468. The van der Waals surface area contributed by atoms with Gasteiger partial charge in [0.05, 0.1) is 6.10 Å². The molecule has 2 amide bonds. The molecule has 4 rings (SSSR count). The zero-order chi connectivity index (χ0) is 16.6. The van der Waals surface area contributed by atoms with Crippen molar-refractivity contribution in [2.75, 3.05) is 32.8 Å². The number of carbonyl (C=O) groups is 1. The number of amides is 2. The molecule has 5 nitrogen and oxygen atoms in total. The SMILES string of the molecule is CCCN1CC[C@H](CNC(=O)N[C@@H]2[C@H]3CCO[C@@H]3C23CCCC3)C1. The van der Waals surface area contributed by atoms with Crippen LogP contribution >= 0.6 is 0 Å². The van der Waals surface area contributed by atoms with Crippen molar-refractivity contribution >= 4 is 6.03 Å². The van der Waals surface area contributed by atoms with Crippen LogP contribution in [0.25, 0.3) is 0 Å². The van der Waals surface area contributed by atoms with Gasteiger partial charge in [0.25, 0.3) is 0 Å². The highest BCUT2D eigenvalue weighted by molar-refractivity contribution is 5.74. The molecule has 2 heterocycles. The summed E-state index contributed by atoms with van der Waals surface area (Å²) in [5.41, 5.74) is 0.254. The maximum absolute atomic E-state index is 12.5. The molecule has 4 aliphatic rings. The Morgan fingerprint density at radius 2 is 2.12 bits per heavy atom. The normalized spacial score (nSPS) is 37.4. The van der Waals surface area contributed by atoms with E-state index in [9.17, 15) is 4.79 Å². The molecule has 2 aliphatic carbocycles. The predicted molar refractivity (Wildman–Crippen MR) is 93.9 cm³/mol. The van der Waals surface area contributed by atoms with Crippen molar-refractivity contribution < 1.29 is 9.53 Å². The van der Waals surface area contributed by atoms with Crippen molar-refractivity contribution in [3.8, 4) is 0 Å². The number of nitrogens with zero attached hydrogens (tertiary/aromatic N) is 1. The Hall–Kier alpha value is -0.810. The van der Waals surface area contributed by atoms with Gasteiger partial charge in [-0.2, -0.15) is 0 Å². The average Bonchev–Trinajstić information content (AvgIpc) is 3.30. The van der Waals surface area contributed by atoms with Crippen LogP contribution in [0.3, 0.4) is 0 Å². The zero-order valence-corrected chi connectivity index (χ0v) is 15.1. The third-order valence-electron chi connectivity index (χ3n) is 7.03. The molecule has 2 N–H and O–H groups in total. The highest BCUT2D eigenvalue weighted by Crippen LogP contribution is 2.60. The van der Waals surface area contributed by atoms with Crippen LogP contribution in [0.5, 0.6) is 0 Å². The van der Waals surface area contributed by atoms with E-state index in [0.29, 0.717) is 24.0 Å². The number of urea groups is 1. The second kappa shape index (κ2) is 6.83. The summed E-state index contributed by atoms with van der Waals surface area (Å²) in [5, 5.41) is 6.49. The van der Waals surface area contributed by atoms with Gasteiger partial charge in [-0.05, 0) is 51.1 Å². The van der Waals surface area contributed by atoms with Crippen molar-refractivity contribution in [2.45, 2.75) is 64.0 Å². The van der Waals surface area contributed by atoms with Crippen molar-refractivity contribution in [3.05, 3.63) is 0 Å². The van der Waals surface area contributed by atoms with E-state index in [0.717, 1.165) is 26.1 Å². The first-order valence-corrected chi connectivity index (χ1v) is 10.1. The van der Waals surface area contributed by atoms with Crippen LogP contribution in [0.15, 0.2) is 0 Å². The Bertz CT molecular complexity index is 464. The summed E-state index contributed by atoms with van der Waals surface area (Å²) in [5.74, 6) is 1.17. The summed E-state index contributed by atoms with van der Waals surface area (Å²) in [6, 6.07) is 0.387. The molecular weight excluding hydrogens is 302 g/mol. The Labute approximate surface area is 145 Å². The van der Waals surface area contributed by atoms with Gasteiger partial charge >= 0.3 is 6.03 Å². The fraction of sp³-hybridized carbons (Fsp3) is 0.947. The molecule has 0 aromatic carbocycles. The van der Waals surface area contributed by atoms with Gasteiger partial charge in [-0.1, -0.05) is 19.8 Å². The molecule has 5 heteroatoms. The standard InChI is InChI=1S/C19H33N3O2/c1-2-9-22-10-5-14(13-22)12-20-18(23)21-16-15-6-11-24-17(15)19(16)7-3-4-8-19/h14-17H,2-13H2,1H3,(H2,20,21,23)/t14-,15-,16-,17+/m1/s1. The fourth-order valence-corrected chi connectivity index (χ4v) is 5.93. The summed E-state index contributed by atoms with van der Waals surface area (Å²) >= 11 is 0. The Kier molecular flexibility index (Phi) is 4.74. The second-order valence-corrected chi connectivity index (χ2v) is 8.47. The van der Waals surface area contributed by atoms with Crippen LogP contribution in [0.2, 0.25) is 0 Å². The first kappa shape index (κ1) is 16.6. The summed E-state index contributed by atoms with van der Waals surface area (Å²) in [7, 11) is 0. The predicted octanol–water partition coefficient (Wildman–Crippen LogP) is 2.37. The molecule has 1 spiro atoms. The van der Waals surface area contributed by atoms with Crippen LogP contribution in [-0.2, 0) is 4.74 Å². The molecule has 0 bridgehead atoms. The summed E-state index contributed by atoms with van der Waals surface area (Å²) in [4.78, 5) is 15.0. The van der Waals surface area contributed by atoms with Gasteiger partial charge in [-0.3, -0.25) is 0 Å². The van der Waals surface area contributed by atoms with E-state index in [1.165, 1.54) is 51.6 Å². The number of hydrogen-bond donors (Lipinski definition) is 2. The van der Waals surface area contributed by atoms with Gasteiger partial charge < -0.3 is 20.3 Å². The number of likely N-dealkylation sites (tertiary alicyclic amines) is 1. The Morgan fingerprint density at radius 3 is 2.92 bits per heavy atom. The van der Waals surface area contributed by atoms with E-state index in [1.807, 2.05) is 0 Å². The number of fused-ring (bicyclic) bond motifs is 2. The van der Waals surface area contributed by atoms with Gasteiger partial charge in [0.1, 0.15) is 0 Å². The summed E-state index contributed by atoms with van der Waals surface area (Å²) in [6.07, 6.45) is 9.01. The molecule has 2 saturated heterocycles. The van der Waals surface area contributed by atoms with E-state index in [4.69, 9.17) is 4.74 Å². The fourth-order valence-electron chi connectivity index (χ4n) is 5.93. The topological polar surface area (TPSA) is 53.6 Å². The molecular formula is C19H33N3O2. The van der Waals surface area contributed by atoms with Crippen molar-refractivity contribution in [1.82, 2.24) is 15.5 Å². The molecule has 136 valence electrons. The Balaban J connectivity index is 1.26. The van der Waals surface area contributed by atoms with Crippen LogP contribution in [-0.4, -0.2) is 55.9 Å². The molecule has 0 aromatic rings. The minimum Gasteiger partial charge on any atom is -0.377 e. The lowest BCUT2D eigenvalue weighted by Crippen LogP contribution is -2.69. The number of rotatable bonds is 5. The Morgan fingerprint density at radius 1 is 1.29 bits per heavy atom. The van der Waals surface area contributed by atoms with Crippen molar-refractivity contribution in [3.63, 3.8) is 0 Å². The minimum atomic E-state index is 0.0468. The molecule has 2 saturated carbocycles. The van der Waals surface area contributed by atoms with E-state index in [2.05, 4.69) is 22.5 Å². The molecule has 0 radical (unpaired) electrons. The smallest absolute Gasteiger partial charge is 0.315 e. The molecule has 0 aromatic heterocycles. The summed E-state index contributed by atoms with van der Waals surface area (Å²) in [6.45, 7) is 7.45. The van der Waals surface area contributed by atoms with Crippen molar-refractivity contribution in [1.29, 1.82) is 0 Å². The lowest BCUT2D eigenvalue weighted by molar-refractivity contribution is -0.126. The lowest BCUT2D eigenvalue weighted by Gasteiger charge is -2.56. The highest BCUT2D eigenvalue weighted by atomic mass is 16.5. The largest absolute Gasteiger partial charge is 0.377 e. The maximum Gasteiger partial charge on any atom is 0.315 e. The van der Waals surface area contributed by atoms with Gasteiger partial charge in [0, 0.05) is 37.1 Å². The molecule has 4 fully saturated rings. The van der Waals surface area contributed by atoms with Crippen molar-refractivity contribution in [2.24, 2.45) is 17.3 Å². The lowest BCUT2D eigenvalue weighted by atomic mass is 9.54. The first-order chi connectivity index (χ1) is 11.7. The second-order valence-electron chi connectivity index (χ2n) is 8.47. The number of ether oxygens (including phenoxy) is 1. The van der Waals surface area contributed by atoms with Gasteiger partial charge in [-0.15, -0.1) is 0 Å². The maximum atomic E-state index is 12.5. The van der Waals surface area contributed by atoms with Gasteiger partial charge in [0.15, 0.2) is 0 Å². The molecule has 24 heavy (non-hydrogen) atoms. The number of hydrogen-bond acceptors (Lipinski definition) is 3. The van der Waals surface area contributed by atoms with E-state index in [1.54, 1.807) is 0 Å². The molecule has 2 aliphatic heterocycles. The van der Waals surface area contributed by atoms with E-state index >= 15 is 0 Å². The zero-order valence-electron chi connectivity index (χ0n) is 15.1. The van der Waals surface area contributed by atoms with Gasteiger partial charge in [-0.25, -0.2) is 4.79 Å². The highest BCUT2D eigenvalue weighted by Gasteiger charge is 2.65. The van der Waals surface area contributed by atoms with Crippen LogP contribution in [0.4, 0.5) is 4.79 Å². The summed E-state index contributed by atoms with van der Waals surface area (Å²) < 4.78 is 6.00. The van der Waals surface area contributed by atoms with E-state index < -0.39 is 0 Å². The third-order valence-corrected chi connectivity index (χ3v) is 7.03. The van der Waals surface area contributed by atoms with Crippen LogP contribution < -0.4 is 10.6 Å². The monoisotopic (exact) mass is 335 g/mol. The third kappa shape index (κ3) is 2.84. The average molecular weight is 335 g/mol. The first-order valence-electron chi connectivity index (χ1n) is 10.1. The quantitative estimate of drug-likeness (QED) is 0.811. The van der Waals surface area contributed by atoms with Gasteiger partial charge in [0.2, 0.25) is 0 Å². The molecule has 4 atom stereocenters.